The molecule has 1 saturated heterocycles. The van der Waals surface area contributed by atoms with Gasteiger partial charge in [-0.2, -0.15) is 0 Å². The normalized spacial score (nSPS) is 21.1. The van der Waals surface area contributed by atoms with Crippen LogP contribution in [0.25, 0.3) is 0 Å². The Balaban J connectivity index is 2.34. The summed E-state index contributed by atoms with van der Waals surface area (Å²) in [6.07, 6.45) is -1.58. The van der Waals surface area contributed by atoms with E-state index in [4.69, 9.17) is 9.84 Å². The highest BCUT2D eigenvalue weighted by molar-refractivity contribution is 6.04. The van der Waals surface area contributed by atoms with Crippen LogP contribution in [0.15, 0.2) is 12.1 Å². The summed E-state index contributed by atoms with van der Waals surface area (Å²) in [7, 11) is 0. The maximum Gasteiger partial charge on any atom is 0.306 e. The minimum Gasteiger partial charge on any atom is -0.507 e. The number of hydrogen-bond donors (Lipinski definition) is 2. The first kappa shape index (κ1) is 15.0. The highest BCUT2D eigenvalue weighted by Gasteiger charge is 2.42. The topological polar surface area (TPSA) is 101 Å². The molecule has 0 saturated carbocycles. The lowest BCUT2D eigenvalue weighted by Gasteiger charge is -2.16. The van der Waals surface area contributed by atoms with Gasteiger partial charge in [0.1, 0.15) is 5.75 Å². The van der Waals surface area contributed by atoms with Crippen molar-refractivity contribution in [3.8, 4) is 5.75 Å². The first-order chi connectivity index (χ1) is 9.79. The Kier molecular flexibility index (Phi) is 3.97. The Labute approximate surface area is 121 Å². The van der Waals surface area contributed by atoms with Crippen LogP contribution >= 0.6 is 0 Å². The van der Waals surface area contributed by atoms with Crippen molar-refractivity contribution in [1.82, 2.24) is 0 Å². The number of carbonyl (C=O) groups excluding carboxylic acids is 2. The molecule has 2 atom stereocenters. The van der Waals surface area contributed by atoms with Crippen molar-refractivity contribution in [1.29, 1.82) is 0 Å². The van der Waals surface area contributed by atoms with E-state index in [9.17, 15) is 19.5 Å². The molecular weight excluding hydrogens is 276 g/mol. The van der Waals surface area contributed by atoms with Crippen LogP contribution < -0.4 is 0 Å². The number of esters is 1. The Morgan fingerprint density at radius 2 is 2.00 bits per heavy atom. The summed E-state index contributed by atoms with van der Waals surface area (Å²) >= 11 is 0. The third kappa shape index (κ3) is 3.04. The molecular formula is C15H16O6. The number of hydrogen-bond acceptors (Lipinski definition) is 5. The predicted molar refractivity (Wildman–Crippen MR) is 72.2 cm³/mol. The van der Waals surface area contributed by atoms with E-state index in [1.165, 1.54) is 6.07 Å². The minimum atomic E-state index is -1.15. The van der Waals surface area contributed by atoms with Crippen LogP contribution in [0.4, 0.5) is 0 Å². The van der Waals surface area contributed by atoms with Gasteiger partial charge in [0.15, 0.2) is 6.10 Å². The molecule has 21 heavy (non-hydrogen) atoms. The third-order valence-electron chi connectivity index (χ3n) is 3.52. The van der Waals surface area contributed by atoms with Gasteiger partial charge in [0.05, 0.1) is 18.4 Å². The number of ether oxygens (including phenoxy) is 1. The average Bonchev–Trinajstić information content (AvgIpc) is 2.73. The number of phenolic OH excluding ortho intramolecular Hbond substituents is 1. The van der Waals surface area contributed by atoms with Gasteiger partial charge in [-0.3, -0.25) is 14.4 Å². The lowest BCUT2D eigenvalue weighted by molar-refractivity contribution is -0.141. The number of carboxylic acids is 1. The molecule has 2 rings (SSSR count). The number of rotatable bonds is 4. The summed E-state index contributed by atoms with van der Waals surface area (Å²) in [6, 6.07) is 3.23. The number of aliphatic carboxylic acids is 1. The van der Waals surface area contributed by atoms with Crippen LogP contribution in [0.1, 0.15) is 34.3 Å². The lowest BCUT2D eigenvalue weighted by atomic mass is 9.90. The van der Waals surface area contributed by atoms with Crippen LogP contribution in [0.5, 0.6) is 5.75 Å². The molecule has 0 aliphatic carbocycles. The van der Waals surface area contributed by atoms with Crippen molar-refractivity contribution in [3.63, 3.8) is 0 Å². The standard InChI is InChI=1S/C15H16O6/c1-7-3-8(2)13(19)10(4-7)14(20)15-9(5-11(16)17)6-12(18)21-15/h3-4,9,15,19H,5-6H2,1-2H3,(H,16,17)/t9-,15-/m1/s1. The highest BCUT2D eigenvalue weighted by atomic mass is 16.6. The number of phenols is 1. The van der Waals surface area contributed by atoms with E-state index in [0.717, 1.165) is 5.56 Å². The van der Waals surface area contributed by atoms with Crippen molar-refractivity contribution in [2.45, 2.75) is 32.8 Å². The number of carbonyl (C=O) groups is 3. The second-order valence-corrected chi connectivity index (χ2v) is 5.31. The largest absolute Gasteiger partial charge is 0.507 e. The predicted octanol–water partition coefficient (Wildman–Crippen LogP) is 1.60. The first-order valence-electron chi connectivity index (χ1n) is 6.55. The van der Waals surface area contributed by atoms with E-state index in [1.807, 2.05) is 0 Å². The fourth-order valence-electron chi connectivity index (χ4n) is 2.58. The SMILES string of the molecule is Cc1cc(C)c(O)c(C(=O)[C@@H]2OC(=O)C[C@H]2CC(=O)O)c1. The summed E-state index contributed by atoms with van der Waals surface area (Å²) in [5, 5.41) is 18.9. The molecule has 2 N–H and O–H groups in total. The molecule has 6 heteroatoms. The van der Waals surface area contributed by atoms with Gasteiger partial charge in [0.25, 0.3) is 0 Å². The molecule has 1 heterocycles. The number of aryl methyl sites for hydroxylation is 2. The van der Waals surface area contributed by atoms with Gasteiger partial charge in [-0.05, 0) is 31.0 Å². The van der Waals surface area contributed by atoms with Gasteiger partial charge < -0.3 is 14.9 Å². The summed E-state index contributed by atoms with van der Waals surface area (Å²) in [5.74, 6) is -3.12. The quantitative estimate of drug-likeness (QED) is 0.645. The van der Waals surface area contributed by atoms with Gasteiger partial charge >= 0.3 is 11.9 Å². The second-order valence-electron chi connectivity index (χ2n) is 5.31. The van der Waals surface area contributed by atoms with Crippen molar-refractivity contribution < 1.29 is 29.3 Å². The van der Waals surface area contributed by atoms with Gasteiger partial charge in [-0.15, -0.1) is 0 Å². The average molecular weight is 292 g/mol. The Hall–Kier alpha value is -2.37. The van der Waals surface area contributed by atoms with Crippen molar-refractivity contribution in [2.75, 3.05) is 0 Å². The van der Waals surface area contributed by atoms with E-state index in [0.29, 0.717) is 5.56 Å². The Morgan fingerprint density at radius 1 is 1.33 bits per heavy atom. The molecule has 6 nitrogen and oxygen atoms in total. The zero-order chi connectivity index (χ0) is 15.7. The Morgan fingerprint density at radius 3 is 2.62 bits per heavy atom. The summed E-state index contributed by atoms with van der Waals surface area (Å²) < 4.78 is 4.96. The lowest BCUT2D eigenvalue weighted by Crippen LogP contribution is -2.28. The summed E-state index contributed by atoms with van der Waals surface area (Å²) in [5.41, 5.74) is 1.38. The van der Waals surface area contributed by atoms with Gasteiger partial charge in [0.2, 0.25) is 5.78 Å². The molecule has 1 fully saturated rings. The molecule has 1 aliphatic heterocycles. The molecule has 0 radical (unpaired) electrons. The Bertz CT molecular complexity index is 619. The number of benzene rings is 1. The maximum absolute atomic E-state index is 12.5. The molecule has 0 unspecified atom stereocenters. The maximum atomic E-state index is 12.5. The number of aromatic hydroxyl groups is 1. The van der Waals surface area contributed by atoms with E-state index >= 15 is 0 Å². The molecule has 1 aromatic carbocycles. The van der Waals surface area contributed by atoms with Crippen molar-refractivity contribution in [2.24, 2.45) is 5.92 Å². The van der Waals surface area contributed by atoms with E-state index < -0.39 is 29.7 Å². The van der Waals surface area contributed by atoms with Crippen molar-refractivity contribution >= 4 is 17.7 Å². The van der Waals surface area contributed by atoms with Gasteiger partial charge in [-0.25, -0.2) is 0 Å². The smallest absolute Gasteiger partial charge is 0.306 e. The molecule has 0 amide bonds. The highest BCUT2D eigenvalue weighted by Crippen LogP contribution is 2.32. The van der Waals surface area contributed by atoms with Crippen LogP contribution in [-0.4, -0.2) is 34.0 Å². The number of Topliss-reactive ketones (excluding diaryl/α,β-unsaturated/α-hetero) is 1. The number of carboxylic acid groups (broad SMARTS) is 1. The first-order valence-corrected chi connectivity index (χ1v) is 6.55. The monoisotopic (exact) mass is 292 g/mol. The third-order valence-corrected chi connectivity index (χ3v) is 3.52. The second kappa shape index (κ2) is 5.55. The number of ketones is 1. The van der Waals surface area contributed by atoms with E-state index in [-0.39, 0.29) is 24.2 Å². The molecule has 112 valence electrons. The van der Waals surface area contributed by atoms with E-state index in [1.54, 1.807) is 19.9 Å². The van der Waals surface area contributed by atoms with Crippen LogP contribution in [-0.2, 0) is 14.3 Å². The molecule has 0 spiro atoms. The fourth-order valence-corrected chi connectivity index (χ4v) is 2.58. The van der Waals surface area contributed by atoms with E-state index in [2.05, 4.69) is 0 Å². The van der Waals surface area contributed by atoms with Crippen LogP contribution in [0.2, 0.25) is 0 Å². The minimum absolute atomic E-state index is 0.0580. The molecule has 1 aliphatic rings. The van der Waals surface area contributed by atoms with Crippen LogP contribution in [0.3, 0.4) is 0 Å². The molecule has 1 aromatic rings. The zero-order valence-electron chi connectivity index (χ0n) is 11.8. The molecule has 0 aromatic heterocycles. The molecule has 0 bridgehead atoms. The van der Waals surface area contributed by atoms with Crippen molar-refractivity contribution in [3.05, 3.63) is 28.8 Å². The number of cyclic esters (lactones) is 1. The fraction of sp³-hybridized carbons (Fsp3) is 0.400. The van der Waals surface area contributed by atoms with Crippen LogP contribution in [0, 0.1) is 19.8 Å². The van der Waals surface area contributed by atoms with Gasteiger partial charge in [-0.1, -0.05) is 6.07 Å². The van der Waals surface area contributed by atoms with Gasteiger partial charge in [0, 0.05) is 5.92 Å². The summed E-state index contributed by atoms with van der Waals surface area (Å²) in [6.45, 7) is 3.44. The summed E-state index contributed by atoms with van der Waals surface area (Å²) in [4.78, 5) is 34.7. The zero-order valence-corrected chi connectivity index (χ0v) is 11.8.